The van der Waals surface area contributed by atoms with Crippen LogP contribution in [0.1, 0.15) is 21.5 Å². The summed E-state index contributed by atoms with van der Waals surface area (Å²) in [5.41, 5.74) is 2.43. The molecule has 1 heterocycles. The average Bonchev–Trinajstić information content (AvgIpc) is 2.81. The molecule has 3 aromatic rings. The number of amides is 1. The predicted octanol–water partition coefficient (Wildman–Crippen LogP) is 5.16. The molecule has 1 fully saturated rings. The number of rotatable bonds is 6. The molecule has 166 valence electrons. The average molecular weight is 457 g/mol. The van der Waals surface area contributed by atoms with Crippen LogP contribution < -0.4 is 4.74 Å². The fraction of sp³-hybridized carbons (Fsp3) is 0.240. The van der Waals surface area contributed by atoms with Crippen LogP contribution in [0.15, 0.2) is 66.7 Å². The third-order valence-corrected chi connectivity index (χ3v) is 5.84. The molecule has 0 radical (unpaired) electrons. The van der Waals surface area contributed by atoms with Crippen molar-refractivity contribution in [3.05, 3.63) is 100 Å². The van der Waals surface area contributed by atoms with E-state index in [9.17, 15) is 13.6 Å². The molecule has 0 aliphatic carbocycles. The van der Waals surface area contributed by atoms with Gasteiger partial charge in [0.25, 0.3) is 5.91 Å². The summed E-state index contributed by atoms with van der Waals surface area (Å²) >= 11 is 6.13. The van der Waals surface area contributed by atoms with Crippen LogP contribution >= 0.6 is 11.6 Å². The van der Waals surface area contributed by atoms with Gasteiger partial charge in [-0.25, -0.2) is 8.78 Å². The van der Waals surface area contributed by atoms with Crippen molar-refractivity contribution in [2.45, 2.75) is 13.2 Å². The molecular weight excluding hydrogens is 434 g/mol. The van der Waals surface area contributed by atoms with Crippen LogP contribution in [0.3, 0.4) is 0 Å². The molecule has 1 saturated heterocycles. The number of hydrogen-bond acceptors (Lipinski definition) is 3. The molecule has 0 N–H and O–H groups in total. The zero-order chi connectivity index (χ0) is 22.5. The van der Waals surface area contributed by atoms with E-state index < -0.39 is 0 Å². The van der Waals surface area contributed by atoms with Crippen molar-refractivity contribution in [1.29, 1.82) is 0 Å². The zero-order valence-electron chi connectivity index (χ0n) is 17.4. The van der Waals surface area contributed by atoms with Crippen molar-refractivity contribution in [2.75, 3.05) is 26.2 Å². The number of benzene rings is 3. The van der Waals surface area contributed by atoms with Gasteiger partial charge in [-0.1, -0.05) is 29.8 Å². The van der Waals surface area contributed by atoms with E-state index in [1.165, 1.54) is 24.3 Å². The SMILES string of the molecule is O=C(c1ccc(COc2ccc(F)cc2)cc1)N1CCN(Cc2ccc(F)cc2Cl)CC1. The van der Waals surface area contributed by atoms with Gasteiger partial charge in [0.05, 0.1) is 0 Å². The molecule has 7 heteroatoms. The summed E-state index contributed by atoms with van der Waals surface area (Å²) in [4.78, 5) is 16.9. The number of carbonyl (C=O) groups is 1. The number of halogens is 3. The Morgan fingerprint density at radius 2 is 1.53 bits per heavy atom. The molecule has 4 rings (SSSR count). The predicted molar refractivity (Wildman–Crippen MR) is 120 cm³/mol. The van der Waals surface area contributed by atoms with Crippen molar-refractivity contribution in [2.24, 2.45) is 0 Å². The maximum absolute atomic E-state index is 13.2. The lowest BCUT2D eigenvalue weighted by atomic mass is 10.1. The first-order valence-corrected chi connectivity index (χ1v) is 10.8. The first-order chi connectivity index (χ1) is 15.5. The third kappa shape index (κ3) is 5.64. The largest absolute Gasteiger partial charge is 0.489 e. The Balaban J connectivity index is 1.27. The number of ether oxygens (including phenoxy) is 1. The summed E-state index contributed by atoms with van der Waals surface area (Å²) in [5, 5.41) is 0.423. The number of piperazine rings is 1. The summed E-state index contributed by atoms with van der Waals surface area (Å²) in [6.45, 7) is 3.65. The standard InChI is InChI=1S/C25H23ClF2N2O2/c26-24-15-22(28)6-5-20(24)16-29-11-13-30(14-12-29)25(31)19-3-1-18(2-4-19)17-32-23-9-7-21(27)8-10-23/h1-10,15H,11-14,16-17H2. The highest BCUT2D eigenvalue weighted by molar-refractivity contribution is 6.31. The molecule has 0 unspecified atom stereocenters. The Labute approximate surface area is 191 Å². The molecule has 0 aromatic heterocycles. The molecular formula is C25H23ClF2N2O2. The van der Waals surface area contributed by atoms with Crippen molar-refractivity contribution in [3.63, 3.8) is 0 Å². The van der Waals surface area contributed by atoms with Gasteiger partial charge < -0.3 is 9.64 Å². The lowest BCUT2D eigenvalue weighted by molar-refractivity contribution is 0.0628. The van der Waals surface area contributed by atoms with Gasteiger partial charge >= 0.3 is 0 Å². The fourth-order valence-electron chi connectivity index (χ4n) is 3.62. The van der Waals surface area contributed by atoms with E-state index >= 15 is 0 Å². The Morgan fingerprint density at radius 3 is 2.19 bits per heavy atom. The summed E-state index contributed by atoms with van der Waals surface area (Å²) in [5.74, 6) is -0.0654. The van der Waals surface area contributed by atoms with Crippen molar-refractivity contribution in [3.8, 4) is 5.75 Å². The van der Waals surface area contributed by atoms with Crippen LogP contribution in [0.2, 0.25) is 5.02 Å². The van der Waals surface area contributed by atoms with E-state index in [2.05, 4.69) is 4.90 Å². The van der Waals surface area contributed by atoms with Crippen LogP contribution in [0.25, 0.3) is 0 Å². The monoisotopic (exact) mass is 456 g/mol. The van der Waals surface area contributed by atoms with Crippen LogP contribution in [0, 0.1) is 11.6 Å². The molecule has 0 bridgehead atoms. The molecule has 0 atom stereocenters. The van der Waals surface area contributed by atoms with Gasteiger partial charge in [-0.3, -0.25) is 9.69 Å². The van der Waals surface area contributed by atoms with Crippen molar-refractivity contribution < 1.29 is 18.3 Å². The normalized spacial score (nSPS) is 14.4. The molecule has 0 spiro atoms. The van der Waals surface area contributed by atoms with Gasteiger partial charge in [-0.05, 0) is 59.7 Å². The van der Waals surface area contributed by atoms with E-state index in [4.69, 9.17) is 16.3 Å². The summed E-state index contributed by atoms with van der Waals surface area (Å²) in [7, 11) is 0. The van der Waals surface area contributed by atoms with E-state index in [1.807, 2.05) is 17.0 Å². The van der Waals surface area contributed by atoms with Gasteiger partial charge in [-0.2, -0.15) is 0 Å². The maximum Gasteiger partial charge on any atom is 0.253 e. The van der Waals surface area contributed by atoms with E-state index in [0.717, 1.165) is 24.2 Å². The quantitative estimate of drug-likeness (QED) is 0.514. The summed E-state index contributed by atoms with van der Waals surface area (Å²) < 4.78 is 31.8. The van der Waals surface area contributed by atoms with E-state index in [1.54, 1.807) is 30.3 Å². The topological polar surface area (TPSA) is 32.8 Å². The lowest BCUT2D eigenvalue weighted by Crippen LogP contribution is -2.48. The van der Waals surface area contributed by atoms with Crippen LogP contribution in [0.4, 0.5) is 8.78 Å². The summed E-state index contributed by atoms with van der Waals surface area (Å²) in [6, 6.07) is 17.6. The van der Waals surface area contributed by atoms with Crippen molar-refractivity contribution >= 4 is 17.5 Å². The minimum absolute atomic E-state index is 0.00420. The summed E-state index contributed by atoms with van der Waals surface area (Å²) in [6.07, 6.45) is 0. The van der Waals surface area contributed by atoms with Gasteiger partial charge in [0.1, 0.15) is 24.0 Å². The number of carbonyl (C=O) groups excluding carboxylic acids is 1. The van der Waals surface area contributed by atoms with Gasteiger partial charge in [-0.15, -0.1) is 0 Å². The third-order valence-electron chi connectivity index (χ3n) is 5.49. The second-order valence-corrected chi connectivity index (χ2v) is 8.15. The molecule has 32 heavy (non-hydrogen) atoms. The number of nitrogens with zero attached hydrogens (tertiary/aromatic N) is 2. The van der Waals surface area contributed by atoms with Crippen molar-refractivity contribution in [1.82, 2.24) is 9.80 Å². The highest BCUT2D eigenvalue weighted by Gasteiger charge is 2.22. The molecule has 1 amide bonds. The fourth-order valence-corrected chi connectivity index (χ4v) is 3.85. The van der Waals surface area contributed by atoms with E-state index in [-0.39, 0.29) is 17.5 Å². The first kappa shape index (κ1) is 22.2. The van der Waals surface area contributed by atoms with Gasteiger partial charge in [0.2, 0.25) is 0 Å². The van der Waals surface area contributed by atoms with E-state index in [0.29, 0.717) is 42.6 Å². The zero-order valence-corrected chi connectivity index (χ0v) is 18.2. The molecule has 3 aromatic carbocycles. The Morgan fingerprint density at radius 1 is 0.875 bits per heavy atom. The molecule has 4 nitrogen and oxygen atoms in total. The minimum Gasteiger partial charge on any atom is -0.489 e. The van der Waals surface area contributed by atoms with Gasteiger partial charge in [0.15, 0.2) is 0 Å². The second-order valence-electron chi connectivity index (χ2n) is 7.74. The smallest absolute Gasteiger partial charge is 0.253 e. The Hall–Kier alpha value is -2.96. The van der Waals surface area contributed by atoms with Crippen LogP contribution in [-0.2, 0) is 13.2 Å². The lowest BCUT2D eigenvalue weighted by Gasteiger charge is -2.35. The highest BCUT2D eigenvalue weighted by atomic mass is 35.5. The Bertz CT molecular complexity index is 1070. The first-order valence-electron chi connectivity index (χ1n) is 10.4. The maximum atomic E-state index is 13.2. The minimum atomic E-state index is -0.345. The molecule has 1 aliphatic rings. The molecule has 0 saturated carbocycles. The van der Waals surface area contributed by atoms with Gasteiger partial charge in [0, 0.05) is 43.3 Å². The molecule has 1 aliphatic heterocycles. The Kier molecular flexibility index (Phi) is 7.02. The van der Waals surface area contributed by atoms with Crippen LogP contribution in [0.5, 0.6) is 5.75 Å². The number of hydrogen-bond donors (Lipinski definition) is 0. The second kappa shape index (κ2) is 10.1. The highest BCUT2D eigenvalue weighted by Crippen LogP contribution is 2.20. The van der Waals surface area contributed by atoms with Crippen LogP contribution in [-0.4, -0.2) is 41.9 Å².